The third-order valence-corrected chi connectivity index (χ3v) is 3.88. The smallest absolute Gasteiger partial charge is 0.0986 e. The maximum Gasteiger partial charge on any atom is 0.0986 e. The summed E-state index contributed by atoms with van der Waals surface area (Å²) in [5.74, 6) is 0.506. The molecule has 3 heteroatoms. The Kier molecular flexibility index (Phi) is 3.76. The lowest BCUT2D eigenvalue weighted by atomic mass is 10.00. The summed E-state index contributed by atoms with van der Waals surface area (Å²) in [4.78, 5) is 0. The predicted octanol–water partition coefficient (Wildman–Crippen LogP) is 3.89. The highest BCUT2D eigenvalue weighted by atomic mass is 16.3. The van der Waals surface area contributed by atoms with Gasteiger partial charge >= 0.3 is 0 Å². The molecular formula is C18H20N2O. The van der Waals surface area contributed by atoms with E-state index in [1.54, 1.807) is 0 Å². The van der Waals surface area contributed by atoms with Gasteiger partial charge in [0.15, 0.2) is 0 Å². The summed E-state index contributed by atoms with van der Waals surface area (Å²) in [6.45, 7) is 4.80. The first-order valence-corrected chi connectivity index (χ1v) is 7.33. The number of aliphatic hydroxyl groups excluding tert-OH is 1. The van der Waals surface area contributed by atoms with Gasteiger partial charge in [0.05, 0.1) is 24.4 Å². The second kappa shape index (κ2) is 5.70. The van der Waals surface area contributed by atoms with Gasteiger partial charge < -0.3 is 5.11 Å². The van der Waals surface area contributed by atoms with Gasteiger partial charge in [-0.05, 0) is 23.1 Å². The molecule has 3 aromatic rings. The van der Waals surface area contributed by atoms with Gasteiger partial charge in [-0.25, -0.2) is 0 Å². The molecule has 0 aliphatic carbocycles. The van der Waals surface area contributed by atoms with Crippen molar-refractivity contribution in [2.24, 2.45) is 0 Å². The Morgan fingerprint density at radius 3 is 2.38 bits per heavy atom. The minimum absolute atomic E-state index is 0.467. The Labute approximate surface area is 124 Å². The molecule has 0 saturated carbocycles. The quantitative estimate of drug-likeness (QED) is 0.787. The molecule has 1 heterocycles. The topological polar surface area (TPSA) is 38.0 Å². The Bertz CT molecular complexity index is 728. The standard InChI is InChI=1S/C18H20N2O/c1-13(2)14-7-9-15(10-8-14)18(21)12-20-17-6-4-3-5-16(17)11-19-20/h3-11,13,18,21H,12H2,1-2H3. The van der Waals surface area contributed by atoms with Crippen molar-refractivity contribution in [3.05, 3.63) is 65.9 Å². The zero-order valence-corrected chi connectivity index (χ0v) is 12.4. The summed E-state index contributed by atoms with van der Waals surface area (Å²) in [5.41, 5.74) is 3.27. The Morgan fingerprint density at radius 2 is 1.67 bits per heavy atom. The van der Waals surface area contributed by atoms with Gasteiger partial charge in [-0.1, -0.05) is 56.3 Å². The number of aromatic nitrogens is 2. The SMILES string of the molecule is CC(C)c1ccc(C(O)Cn2ncc3ccccc32)cc1. The molecule has 3 rings (SSSR count). The fourth-order valence-electron chi connectivity index (χ4n) is 2.54. The van der Waals surface area contributed by atoms with Crippen molar-refractivity contribution < 1.29 is 5.11 Å². The predicted molar refractivity (Wildman–Crippen MR) is 85.2 cm³/mol. The summed E-state index contributed by atoms with van der Waals surface area (Å²) >= 11 is 0. The van der Waals surface area contributed by atoms with Crippen LogP contribution in [-0.4, -0.2) is 14.9 Å². The average Bonchev–Trinajstić information content (AvgIpc) is 2.91. The van der Waals surface area contributed by atoms with E-state index in [9.17, 15) is 5.11 Å². The van der Waals surface area contributed by atoms with Gasteiger partial charge in [0, 0.05) is 5.39 Å². The summed E-state index contributed by atoms with van der Waals surface area (Å²) < 4.78 is 1.86. The van der Waals surface area contributed by atoms with E-state index in [1.807, 2.05) is 47.3 Å². The maximum atomic E-state index is 10.4. The van der Waals surface area contributed by atoms with Crippen LogP contribution < -0.4 is 0 Å². The number of nitrogens with zero attached hydrogens (tertiary/aromatic N) is 2. The molecule has 0 amide bonds. The van der Waals surface area contributed by atoms with Gasteiger partial charge in [-0.15, -0.1) is 0 Å². The molecule has 0 spiro atoms. The van der Waals surface area contributed by atoms with Gasteiger partial charge in [0.1, 0.15) is 0 Å². The number of fused-ring (bicyclic) bond motifs is 1. The molecule has 0 aliphatic heterocycles. The van der Waals surface area contributed by atoms with Crippen LogP contribution in [0.5, 0.6) is 0 Å². The van der Waals surface area contributed by atoms with Crippen LogP contribution in [0.15, 0.2) is 54.7 Å². The zero-order valence-electron chi connectivity index (χ0n) is 12.4. The first-order valence-electron chi connectivity index (χ1n) is 7.33. The largest absolute Gasteiger partial charge is 0.386 e. The van der Waals surface area contributed by atoms with E-state index in [0.29, 0.717) is 12.5 Å². The van der Waals surface area contributed by atoms with E-state index in [2.05, 4.69) is 31.1 Å². The average molecular weight is 280 g/mol. The van der Waals surface area contributed by atoms with Crippen LogP contribution in [0.25, 0.3) is 10.9 Å². The zero-order chi connectivity index (χ0) is 14.8. The molecule has 0 aliphatic rings. The second-order valence-corrected chi connectivity index (χ2v) is 5.72. The van der Waals surface area contributed by atoms with E-state index in [1.165, 1.54) is 5.56 Å². The van der Waals surface area contributed by atoms with Crippen LogP contribution >= 0.6 is 0 Å². The minimum atomic E-state index is -0.547. The number of aliphatic hydroxyl groups is 1. The lowest BCUT2D eigenvalue weighted by Gasteiger charge is -2.13. The van der Waals surface area contributed by atoms with Crippen LogP contribution in [0, 0.1) is 0 Å². The summed E-state index contributed by atoms with van der Waals surface area (Å²) in [6, 6.07) is 16.2. The molecule has 2 aromatic carbocycles. The Balaban J connectivity index is 1.81. The van der Waals surface area contributed by atoms with Crippen molar-refractivity contribution in [2.75, 3.05) is 0 Å². The van der Waals surface area contributed by atoms with Crippen molar-refractivity contribution in [1.82, 2.24) is 9.78 Å². The van der Waals surface area contributed by atoms with Gasteiger partial charge in [-0.3, -0.25) is 4.68 Å². The monoisotopic (exact) mass is 280 g/mol. The normalized spacial score (nSPS) is 13.0. The minimum Gasteiger partial charge on any atom is -0.386 e. The molecule has 1 N–H and O–H groups in total. The first-order chi connectivity index (χ1) is 10.1. The van der Waals surface area contributed by atoms with E-state index >= 15 is 0 Å². The fraction of sp³-hybridized carbons (Fsp3) is 0.278. The molecule has 108 valence electrons. The molecule has 1 aromatic heterocycles. The van der Waals surface area contributed by atoms with Crippen LogP contribution in [0.1, 0.15) is 37.0 Å². The summed E-state index contributed by atoms with van der Waals surface area (Å²) in [5, 5.41) is 15.9. The van der Waals surface area contributed by atoms with Crippen LogP contribution in [-0.2, 0) is 6.54 Å². The maximum absolute atomic E-state index is 10.4. The highest BCUT2D eigenvalue weighted by molar-refractivity contribution is 5.78. The van der Waals surface area contributed by atoms with Crippen molar-refractivity contribution >= 4 is 10.9 Å². The number of benzene rings is 2. The number of hydrogen-bond donors (Lipinski definition) is 1. The fourth-order valence-corrected chi connectivity index (χ4v) is 2.54. The third kappa shape index (κ3) is 2.83. The number of rotatable bonds is 4. The number of hydrogen-bond acceptors (Lipinski definition) is 2. The van der Waals surface area contributed by atoms with Gasteiger partial charge in [0.25, 0.3) is 0 Å². The lowest BCUT2D eigenvalue weighted by Crippen LogP contribution is -2.09. The second-order valence-electron chi connectivity index (χ2n) is 5.72. The van der Waals surface area contributed by atoms with E-state index in [0.717, 1.165) is 16.5 Å². The lowest BCUT2D eigenvalue weighted by molar-refractivity contribution is 0.153. The molecule has 3 nitrogen and oxygen atoms in total. The summed E-state index contributed by atoms with van der Waals surface area (Å²) in [6.07, 6.45) is 1.29. The van der Waals surface area contributed by atoms with Crippen LogP contribution in [0.3, 0.4) is 0 Å². The molecular weight excluding hydrogens is 260 g/mol. The van der Waals surface area contributed by atoms with Crippen molar-refractivity contribution in [3.63, 3.8) is 0 Å². The highest BCUT2D eigenvalue weighted by Gasteiger charge is 2.11. The van der Waals surface area contributed by atoms with E-state index in [-0.39, 0.29) is 0 Å². The van der Waals surface area contributed by atoms with Crippen LogP contribution in [0.4, 0.5) is 0 Å². The molecule has 0 saturated heterocycles. The molecule has 0 bridgehead atoms. The summed E-state index contributed by atoms with van der Waals surface area (Å²) in [7, 11) is 0. The van der Waals surface area contributed by atoms with Crippen LogP contribution in [0.2, 0.25) is 0 Å². The van der Waals surface area contributed by atoms with E-state index < -0.39 is 6.10 Å². The third-order valence-electron chi connectivity index (χ3n) is 3.88. The van der Waals surface area contributed by atoms with E-state index in [4.69, 9.17) is 0 Å². The van der Waals surface area contributed by atoms with Gasteiger partial charge in [0.2, 0.25) is 0 Å². The Morgan fingerprint density at radius 1 is 1.00 bits per heavy atom. The first kappa shape index (κ1) is 13.8. The molecule has 1 atom stereocenters. The van der Waals surface area contributed by atoms with Crippen molar-refractivity contribution in [1.29, 1.82) is 0 Å². The molecule has 1 unspecified atom stereocenters. The molecule has 21 heavy (non-hydrogen) atoms. The van der Waals surface area contributed by atoms with Crippen molar-refractivity contribution in [3.8, 4) is 0 Å². The highest BCUT2D eigenvalue weighted by Crippen LogP contribution is 2.21. The van der Waals surface area contributed by atoms with Gasteiger partial charge in [-0.2, -0.15) is 5.10 Å². The Hall–Kier alpha value is -2.13. The van der Waals surface area contributed by atoms with Crippen molar-refractivity contribution in [2.45, 2.75) is 32.4 Å². The number of para-hydroxylation sites is 1. The molecule has 0 fully saturated rings. The molecule has 0 radical (unpaired) electrons.